The summed E-state index contributed by atoms with van der Waals surface area (Å²) in [5.74, 6) is 0. The predicted molar refractivity (Wildman–Crippen MR) is 68.9 cm³/mol. The summed E-state index contributed by atoms with van der Waals surface area (Å²) in [6.07, 6.45) is 1.09. The van der Waals surface area contributed by atoms with E-state index in [1.807, 2.05) is 0 Å². The van der Waals surface area contributed by atoms with Gasteiger partial charge in [-0.2, -0.15) is 0 Å². The van der Waals surface area contributed by atoms with Crippen LogP contribution >= 0.6 is 0 Å². The first-order valence-electron chi connectivity index (χ1n) is 5.78. The molecule has 0 aliphatic rings. The molecule has 0 atom stereocenters. The number of likely N-dealkylation sites (N-methyl/N-ethyl adjacent to an activating group) is 1. The van der Waals surface area contributed by atoms with E-state index in [4.69, 9.17) is 4.74 Å². The van der Waals surface area contributed by atoms with Crippen molar-refractivity contribution >= 4 is 0 Å². The maximum absolute atomic E-state index is 5.09. The first-order valence-corrected chi connectivity index (χ1v) is 5.78. The van der Waals surface area contributed by atoms with E-state index in [2.05, 4.69) is 44.9 Å². The van der Waals surface area contributed by atoms with Gasteiger partial charge in [-0.1, -0.05) is 12.1 Å². The molecular weight excluding hydrogens is 198 g/mol. The smallest absolute Gasteiger partial charge is 0.0984 e. The van der Waals surface area contributed by atoms with Gasteiger partial charge in [0.25, 0.3) is 0 Å². The molecule has 1 aromatic carbocycles. The predicted octanol–water partition coefficient (Wildman–Crippen LogP) is 2.69. The number of ether oxygens (including phenoxy) is 1. The number of benzene rings is 1. The minimum Gasteiger partial charge on any atom is -0.369 e. The van der Waals surface area contributed by atoms with Crippen molar-refractivity contribution in [1.29, 1.82) is 0 Å². The lowest BCUT2D eigenvalue weighted by Gasteiger charge is -2.16. The molecule has 0 aromatic heterocycles. The largest absolute Gasteiger partial charge is 0.369 e. The quantitative estimate of drug-likeness (QED) is 0.709. The molecule has 0 heterocycles. The molecule has 2 nitrogen and oxygen atoms in total. The average Bonchev–Trinajstić information content (AvgIpc) is 2.22. The molecule has 0 aliphatic heterocycles. The summed E-state index contributed by atoms with van der Waals surface area (Å²) in [5.41, 5.74) is 5.61. The molecule has 0 amide bonds. The zero-order valence-electron chi connectivity index (χ0n) is 11.1. The highest BCUT2D eigenvalue weighted by atomic mass is 16.5. The van der Waals surface area contributed by atoms with Gasteiger partial charge >= 0.3 is 0 Å². The van der Waals surface area contributed by atoms with E-state index in [-0.39, 0.29) is 0 Å². The lowest BCUT2D eigenvalue weighted by molar-refractivity contribution is 0.0827. The summed E-state index contributed by atoms with van der Waals surface area (Å²) in [6.45, 7) is 8.28. The molecule has 0 unspecified atom stereocenters. The molecule has 0 fully saturated rings. The third-order valence-electron chi connectivity index (χ3n) is 3.06. The summed E-state index contributed by atoms with van der Waals surface area (Å²) < 4.78 is 5.09. The Hall–Kier alpha value is -0.860. The average molecular weight is 221 g/mol. The van der Waals surface area contributed by atoms with Crippen LogP contribution in [-0.2, 0) is 11.2 Å². The van der Waals surface area contributed by atoms with Gasteiger partial charge < -0.3 is 4.74 Å². The Kier molecular flexibility index (Phi) is 4.97. The monoisotopic (exact) mass is 221 g/mol. The van der Waals surface area contributed by atoms with Gasteiger partial charge in [0, 0.05) is 13.7 Å². The minimum absolute atomic E-state index is 0.698. The van der Waals surface area contributed by atoms with E-state index in [9.17, 15) is 0 Å². The molecule has 0 bridgehead atoms. The normalized spacial score (nSPS) is 11.1. The Bertz CT molecular complexity index is 347. The fourth-order valence-electron chi connectivity index (χ4n) is 1.89. The summed E-state index contributed by atoms with van der Waals surface area (Å²) >= 11 is 0. The van der Waals surface area contributed by atoms with Crippen molar-refractivity contribution in [2.75, 3.05) is 27.4 Å². The highest BCUT2D eigenvalue weighted by Gasteiger charge is 2.03. The van der Waals surface area contributed by atoms with Gasteiger partial charge in [-0.05, 0) is 56.5 Å². The van der Waals surface area contributed by atoms with Gasteiger partial charge in [0.1, 0.15) is 0 Å². The van der Waals surface area contributed by atoms with Crippen LogP contribution < -0.4 is 0 Å². The zero-order chi connectivity index (χ0) is 12.1. The third kappa shape index (κ3) is 3.62. The number of nitrogens with zero attached hydrogens (tertiary/aromatic N) is 1. The molecule has 0 radical (unpaired) electrons. The van der Waals surface area contributed by atoms with E-state index < -0.39 is 0 Å². The van der Waals surface area contributed by atoms with Crippen molar-refractivity contribution in [3.8, 4) is 0 Å². The maximum Gasteiger partial charge on any atom is 0.0984 e. The fraction of sp³-hybridized carbons (Fsp3) is 0.571. The van der Waals surface area contributed by atoms with Crippen molar-refractivity contribution in [3.05, 3.63) is 34.4 Å². The minimum atomic E-state index is 0.698. The lowest BCUT2D eigenvalue weighted by Crippen LogP contribution is -2.23. The zero-order valence-corrected chi connectivity index (χ0v) is 11.1. The van der Waals surface area contributed by atoms with E-state index in [1.165, 1.54) is 22.3 Å². The van der Waals surface area contributed by atoms with Gasteiger partial charge in [-0.25, -0.2) is 0 Å². The summed E-state index contributed by atoms with van der Waals surface area (Å²) in [5, 5.41) is 0. The first-order chi connectivity index (χ1) is 7.54. The van der Waals surface area contributed by atoms with Crippen LogP contribution in [0.1, 0.15) is 22.3 Å². The fourth-order valence-corrected chi connectivity index (χ4v) is 1.89. The molecule has 16 heavy (non-hydrogen) atoms. The SMILES string of the molecule is COCN(C)CCc1cc(C)c(C)cc1C. The highest BCUT2D eigenvalue weighted by molar-refractivity contribution is 5.36. The van der Waals surface area contributed by atoms with Crippen molar-refractivity contribution in [3.63, 3.8) is 0 Å². The molecule has 0 saturated carbocycles. The molecule has 1 aromatic rings. The molecule has 0 spiro atoms. The van der Waals surface area contributed by atoms with Crippen LogP contribution in [-0.4, -0.2) is 32.3 Å². The number of rotatable bonds is 5. The van der Waals surface area contributed by atoms with Crippen LogP contribution in [0.3, 0.4) is 0 Å². The van der Waals surface area contributed by atoms with E-state index in [0.717, 1.165) is 13.0 Å². The Labute approximate surface area is 99.2 Å². The van der Waals surface area contributed by atoms with E-state index in [1.54, 1.807) is 7.11 Å². The topological polar surface area (TPSA) is 12.5 Å². The number of aryl methyl sites for hydroxylation is 3. The number of hydrogen-bond acceptors (Lipinski definition) is 2. The van der Waals surface area contributed by atoms with Gasteiger partial charge in [0.05, 0.1) is 6.73 Å². The second kappa shape index (κ2) is 6.02. The lowest BCUT2D eigenvalue weighted by atomic mass is 9.99. The molecule has 0 aliphatic carbocycles. The van der Waals surface area contributed by atoms with Crippen molar-refractivity contribution in [2.24, 2.45) is 0 Å². The molecule has 1 rings (SSSR count). The van der Waals surface area contributed by atoms with Crippen LogP contribution in [0.25, 0.3) is 0 Å². The van der Waals surface area contributed by atoms with Gasteiger partial charge in [-0.15, -0.1) is 0 Å². The first kappa shape index (κ1) is 13.2. The molecule has 0 N–H and O–H groups in total. The van der Waals surface area contributed by atoms with Gasteiger partial charge in [0.15, 0.2) is 0 Å². The van der Waals surface area contributed by atoms with Crippen LogP contribution in [0, 0.1) is 20.8 Å². The van der Waals surface area contributed by atoms with Crippen LogP contribution in [0.15, 0.2) is 12.1 Å². The third-order valence-corrected chi connectivity index (χ3v) is 3.06. The molecular formula is C14H23NO. The summed E-state index contributed by atoms with van der Waals surface area (Å²) in [4.78, 5) is 2.19. The number of hydrogen-bond donors (Lipinski definition) is 0. The van der Waals surface area contributed by atoms with Gasteiger partial charge in [0.2, 0.25) is 0 Å². The van der Waals surface area contributed by atoms with E-state index in [0.29, 0.717) is 6.73 Å². The summed E-state index contributed by atoms with van der Waals surface area (Å²) in [6, 6.07) is 4.59. The van der Waals surface area contributed by atoms with Crippen molar-refractivity contribution in [1.82, 2.24) is 4.90 Å². The molecule has 2 heteroatoms. The van der Waals surface area contributed by atoms with Crippen molar-refractivity contribution < 1.29 is 4.74 Å². The van der Waals surface area contributed by atoms with Crippen LogP contribution in [0.4, 0.5) is 0 Å². The van der Waals surface area contributed by atoms with E-state index >= 15 is 0 Å². The second-order valence-corrected chi connectivity index (χ2v) is 4.61. The molecule has 0 saturated heterocycles. The molecule has 90 valence electrons. The Morgan fingerprint density at radius 1 is 1.06 bits per heavy atom. The Morgan fingerprint density at radius 2 is 1.69 bits per heavy atom. The number of methoxy groups -OCH3 is 1. The Balaban J connectivity index is 2.63. The van der Waals surface area contributed by atoms with Gasteiger partial charge in [-0.3, -0.25) is 4.90 Å². The maximum atomic E-state index is 5.09. The standard InChI is InChI=1S/C14H23NO/c1-11-8-13(3)14(9-12(11)2)6-7-15(4)10-16-5/h8-9H,6-7,10H2,1-5H3. The Morgan fingerprint density at radius 3 is 2.31 bits per heavy atom. The summed E-state index contributed by atoms with van der Waals surface area (Å²) in [7, 11) is 3.82. The second-order valence-electron chi connectivity index (χ2n) is 4.61. The highest BCUT2D eigenvalue weighted by Crippen LogP contribution is 2.15. The van der Waals surface area contributed by atoms with Crippen molar-refractivity contribution in [2.45, 2.75) is 27.2 Å². The van der Waals surface area contributed by atoms with Crippen LogP contribution in [0.2, 0.25) is 0 Å². The van der Waals surface area contributed by atoms with Crippen LogP contribution in [0.5, 0.6) is 0 Å².